The third kappa shape index (κ3) is 4.19. The molecule has 0 bridgehead atoms. The number of rotatable bonds is 6. The quantitative estimate of drug-likeness (QED) is 0.849. The molecule has 2 amide bonds. The molecule has 1 saturated heterocycles. The van der Waals surface area contributed by atoms with Gasteiger partial charge < -0.3 is 15.8 Å². The maximum absolute atomic E-state index is 10.9. The van der Waals surface area contributed by atoms with Gasteiger partial charge in [-0.1, -0.05) is 30.8 Å². The SMILES string of the molecule is C=C(c1ccc(NC(N)=O)cc1)C1CN(Cc2ccc(OC)cc2)C1. The molecule has 1 fully saturated rings. The molecule has 1 aliphatic heterocycles. The monoisotopic (exact) mass is 337 g/mol. The van der Waals surface area contributed by atoms with Gasteiger partial charge in [0.25, 0.3) is 0 Å². The van der Waals surface area contributed by atoms with Gasteiger partial charge in [0.2, 0.25) is 0 Å². The fourth-order valence-corrected chi connectivity index (χ4v) is 3.05. The minimum Gasteiger partial charge on any atom is -0.497 e. The van der Waals surface area contributed by atoms with Crippen LogP contribution in [0, 0.1) is 5.92 Å². The fourth-order valence-electron chi connectivity index (χ4n) is 3.05. The van der Waals surface area contributed by atoms with E-state index in [4.69, 9.17) is 10.5 Å². The van der Waals surface area contributed by atoms with Gasteiger partial charge in [-0.25, -0.2) is 4.79 Å². The third-order valence-electron chi connectivity index (χ3n) is 4.54. The van der Waals surface area contributed by atoms with E-state index in [9.17, 15) is 4.79 Å². The lowest BCUT2D eigenvalue weighted by atomic mass is 9.87. The maximum Gasteiger partial charge on any atom is 0.316 e. The number of methoxy groups -OCH3 is 1. The van der Waals surface area contributed by atoms with Crippen molar-refractivity contribution in [1.29, 1.82) is 0 Å². The van der Waals surface area contributed by atoms with Crippen LogP contribution < -0.4 is 15.8 Å². The van der Waals surface area contributed by atoms with Crippen LogP contribution in [0.15, 0.2) is 55.1 Å². The highest BCUT2D eigenvalue weighted by molar-refractivity contribution is 5.88. The molecule has 25 heavy (non-hydrogen) atoms. The summed E-state index contributed by atoms with van der Waals surface area (Å²) in [5.74, 6) is 1.35. The largest absolute Gasteiger partial charge is 0.497 e. The van der Waals surface area contributed by atoms with Crippen LogP contribution >= 0.6 is 0 Å². The summed E-state index contributed by atoms with van der Waals surface area (Å²) in [5, 5.41) is 2.56. The minimum atomic E-state index is -0.556. The van der Waals surface area contributed by atoms with E-state index in [0.29, 0.717) is 11.6 Å². The second kappa shape index (κ2) is 7.40. The molecule has 0 atom stereocenters. The van der Waals surface area contributed by atoms with Crippen molar-refractivity contribution < 1.29 is 9.53 Å². The molecule has 5 nitrogen and oxygen atoms in total. The first-order valence-electron chi connectivity index (χ1n) is 8.26. The predicted molar refractivity (Wildman–Crippen MR) is 100 cm³/mol. The number of carbonyl (C=O) groups excluding carboxylic acids is 1. The molecule has 0 radical (unpaired) electrons. The van der Waals surface area contributed by atoms with Crippen molar-refractivity contribution in [3.63, 3.8) is 0 Å². The summed E-state index contributed by atoms with van der Waals surface area (Å²) in [6, 6.07) is 15.3. The van der Waals surface area contributed by atoms with Crippen LogP contribution in [0.2, 0.25) is 0 Å². The molecular weight excluding hydrogens is 314 g/mol. The summed E-state index contributed by atoms with van der Waals surface area (Å²) in [7, 11) is 1.68. The van der Waals surface area contributed by atoms with E-state index in [-0.39, 0.29) is 0 Å². The zero-order chi connectivity index (χ0) is 17.8. The average Bonchev–Trinajstić information content (AvgIpc) is 2.58. The lowest BCUT2D eigenvalue weighted by molar-refractivity contribution is 0.128. The fraction of sp³-hybridized carbons (Fsp3) is 0.250. The van der Waals surface area contributed by atoms with Gasteiger partial charge in [0.05, 0.1) is 7.11 Å². The highest BCUT2D eigenvalue weighted by Gasteiger charge is 2.29. The average molecular weight is 337 g/mol. The summed E-state index contributed by atoms with van der Waals surface area (Å²) >= 11 is 0. The van der Waals surface area contributed by atoms with Gasteiger partial charge in [-0.2, -0.15) is 0 Å². The second-order valence-electron chi connectivity index (χ2n) is 6.33. The van der Waals surface area contributed by atoms with Crippen molar-refractivity contribution in [2.75, 3.05) is 25.5 Å². The van der Waals surface area contributed by atoms with Crippen LogP contribution in [-0.2, 0) is 6.54 Å². The molecular formula is C20H23N3O2. The Bertz CT molecular complexity index is 748. The Morgan fingerprint density at radius 3 is 2.40 bits per heavy atom. The van der Waals surface area contributed by atoms with Gasteiger partial charge in [-0.15, -0.1) is 0 Å². The Kier molecular flexibility index (Phi) is 5.05. The number of ether oxygens (including phenoxy) is 1. The van der Waals surface area contributed by atoms with Crippen molar-refractivity contribution in [2.24, 2.45) is 11.7 Å². The van der Waals surface area contributed by atoms with E-state index in [1.165, 1.54) is 5.56 Å². The number of carbonyl (C=O) groups is 1. The number of anilines is 1. The van der Waals surface area contributed by atoms with Crippen molar-refractivity contribution in [2.45, 2.75) is 6.54 Å². The number of primary amides is 1. The summed E-state index contributed by atoms with van der Waals surface area (Å²) in [5.41, 5.74) is 9.33. The number of nitrogens with zero attached hydrogens (tertiary/aromatic N) is 1. The Balaban J connectivity index is 1.51. The highest BCUT2D eigenvalue weighted by atomic mass is 16.5. The Morgan fingerprint density at radius 1 is 1.20 bits per heavy atom. The van der Waals surface area contributed by atoms with E-state index < -0.39 is 6.03 Å². The zero-order valence-electron chi connectivity index (χ0n) is 14.4. The number of nitrogens with one attached hydrogen (secondary N) is 1. The number of nitrogens with two attached hydrogens (primary N) is 1. The molecule has 3 rings (SSSR count). The van der Waals surface area contributed by atoms with Gasteiger partial charge in [0.15, 0.2) is 0 Å². The molecule has 0 aromatic heterocycles. The summed E-state index contributed by atoms with van der Waals surface area (Å²) in [4.78, 5) is 13.3. The second-order valence-corrected chi connectivity index (χ2v) is 6.33. The number of benzene rings is 2. The van der Waals surface area contributed by atoms with E-state index in [2.05, 4.69) is 28.9 Å². The highest BCUT2D eigenvalue weighted by Crippen LogP contribution is 2.31. The molecule has 2 aromatic rings. The smallest absolute Gasteiger partial charge is 0.316 e. The summed E-state index contributed by atoms with van der Waals surface area (Å²) in [6.07, 6.45) is 0. The number of urea groups is 1. The van der Waals surface area contributed by atoms with E-state index in [1.54, 1.807) is 7.11 Å². The number of likely N-dealkylation sites (tertiary alicyclic amines) is 1. The Morgan fingerprint density at radius 2 is 1.84 bits per heavy atom. The van der Waals surface area contributed by atoms with E-state index in [1.807, 2.05) is 36.4 Å². The lowest BCUT2D eigenvalue weighted by Gasteiger charge is -2.40. The lowest BCUT2D eigenvalue weighted by Crippen LogP contribution is -2.46. The first-order chi connectivity index (χ1) is 12.0. The molecule has 0 aliphatic carbocycles. The summed E-state index contributed by atoms with van der Waals surface area (Å²) < 4.78 is 5.19. The molecule has 130 valence electrons. The normalized spacial score (nSPS) is 14.6. The number of hydrogen-bond acceptors (Lipinski definition) is 3. The molecule has 3 N–H and O–H groups in total. The van der Waals surface area contributed by atoms with Gasteiger partial charge in [0.1, 0.15) is 5.75 Å². The maximum atomic E-state index is 10.9. The zero-order valence-corrected chi connectivity index (χ0v) is 14.4. The van der Waals surface area contributed by atoms with Crippen molar-refractivity contribution in [3.05, 3.63) is 66.2 Å². The minimum absolute atomic E-state index is 0.466. The molecule has 5 heteroatoms. The van der Waals surface area contributed by atoms with E-state index >= 15 is 0 Å². The van der Waals surface area contributed by atoms with Crippen LogP contribution in [0.25, 0.3) is 5.57 Å². The van der Waals surface area contributed by atoms with Crippen molar-refractivity contribution in [3.8, 4) is 5.75 Å². The van der Waals surface area contributed by atoms with Crippen LogP contribution in [0.4, 0.5) is 10.5 Å². The Hall–Kier alpha value is -2.79. The van der Waals surface area contributed by atoms with Crippen molar-refractivity contribution in [1.82, 2.24) is 4.90 Å². The third-order valence-corrected chi connectivity index (χ3v) is 4.54. The summed E-state index contributed by atoms with van der Waals surface area (Å²) in [6.45, 7) is 7.20. The van der Waals surface area contributed by atoms with Crippen LogP contribution in [0.1, 0.15) is 11.1 Å². The first kappa shape index (κ1) is 17.0. The van der Waals surface area contributed by atoms with Crippen molar-refractivity contribution >= 4 is 17.3 Å². The topological polar surface area (TPSA) is 67.6 Å². The molecule has 1 heterocycles. The van der Waals surface area contributed by atoms with Gasteiger partial charge in [0, 0.05) is 31.2 Å². The standard InChI is InChI=1S/C20H23N3O2/c1-14(16-5-7-18(8-6-16)22-20(21)24)17-12-23(13-17)11-15-3-9-19(25-2)10-4-15/h3-10,17H,1,11-13H2,2H3,(H3,21,22,24). The first-order valence-corrected chi connectivity index (χ1v) is 8.26. The van der Waals surface area contributed by atoms with Gasteiger partial charge >= 0.3 is 6.03 Å². The van der Waals surface area contributed by atoms with Crippen LogP contribution in [0.3, 0.4) is 0 Å². The number of hydrogen-bond donors (Lipinski definition) is 2. The predicted octanol–water partition coefficient (Wildman–Crippen LogP) is 3.33. The number of amides is 2. The van der Waals surface area contributed by atoms with Gasteiger partial charge in [-0.3, -0.25) is 4.90 Å². The van der Waals surface area contributed by atoms with E-state index in [0.717, 1.165) is 36.5 Å². The van der Waals surface area contributed by atoms with Crippen LogP contribution in [0.5, 0.6) is 5.75 Å². The van der Waals surface area contributed by atoms with Crippen LogP contribution in [-0.4, -0.2) is 31.1 Å². The molecule has 2 aromatic carbocycles. The van der Waals surface area contributed by atoms with Gasteiger partial charge in [-0.05, 0) is 41.0 Å². The molecule has 0 unspecified atom stereocenters. The molecule has 1 aliphatic rings. The Labute approximate surface area is 148 Å². The molecule has 0 saturated carbocycles. The molecule has 0 spiro atoms.